The zero-order chi connectivity index (χ0) is 16.1. The molecule has 2 N–H and O–H groups in total. The zero-order valence-electron chi connectivity index (χ0n) is 11.9. The molecule has 0 aliphatic heterocycles. The third-order valence-electron chi connectivity index (χ3n) is 2.82. The number of nitrogens with one attached hydrogen (secondary N) is 2. The van der Waals surface area contributed by atoms with E-state index in [1.165, 1.54) is 19.2 Å². The SMILES string of the molecule is CNS(=O)(=O)c1cc(NS(=O)(=O)CCCCCl)ccc1C. The van der Waals surface area contributed by atoms with Crippen molar-refractivity contribution in [3.63, 3.8) is 0 Å². The Morgan fingerprint density at radius 3 is 2.38 bits per heavy atom. The number of hydrogen-bond donors (Lipinski definition) is 2. The van der Waals surface area contributed by atoms with Crippen LogP contribution in [0.5, 0.6) is 0 Å². The minimum atomic E-state index is -3.63. The normalized spacial score (nSPS) is 12.3. The van der Waals surface area contributed by atoms with E-state index in [0.717, 1.165) is 0 Å². The lowest BCUT2D eigenvalue weighted by Gasteiger charge is -2.11. The van der Waals surface area contributed by atoms with Crippen molar-refractivity contribution >= 4 is 37.3 Å². The van der Waals surface area contributed by atoms with Crippen LogP contribution in [-0.2, 0) is 20.0 Å². The molecule has 0 saturated carbocycles. The topological polar surface area (TPSA) is 92.3 Å². The highest BCUT2D eigenvalue weighted by Gasteiger charge is 2.17. The van der Waals surface area contributed by atoms with Gasteiger partial charge in [0, 0.05) is 11.6 Å². The van der Waals surface area contributed by atoms with Crippen molar-refractivity contribution < 1.29 is 16.8 Å². The van der Waals surface area contributed by atoms with Gasteiger partial charge in [0.2, 0.25) is 20.0 Å². The van der Waals surface area contributed by atoms with E-state index in [1.807, 2.05) is 0 Å². The van der Waals surface area contributed by atoms with E-state index in [0.29, 0.717) is 24.3 Å². The molecule has 0 spiro atoms. The van der Waals surface area contributed by atoms with Crippen molar-refractivity contribution in [1.82, 2.24) is 4.72 Å². The fourth-order valence-electron chi connectivity index (χ4n) is 1.68. The number of unbranched alkanes of at least 4 members (excludes halogenated alkanes) is 1. The monoisotopic (exact) mass is 354 g/mol. The summed E-state index contributed by atoms with van der Waals surface area (Å²) in [5, 5.41) is 0. The molecule has 9 heteroatoms. The summed E-state index contributed by atoms with van der Waals surface area (Å²) in [5.41, 5.74) is 0.759. The van der Waals surface area contributed by atoms with Crippen LogP contribution in [0.3, 0.4) is 0 Å². The number of halogens is 1. The van der Waals surface area contributed by atoms with Crippen LogP contribution in [0.2, 0.25) is 0 Å². The predicted molar refractivity (Wildman–Crippen MR) is 84.8 cm³/mol. The fraction of sp³-hybridized carbons (Fsp3) is 0.500. The molecule has 0 aliphatic rings. The number of rotatable bonds is 8. The zero-order valence-corrected chi connectivity index (χ0v) is 14.3. The number of sulfonamides is 2. The average molecular weight is 355 g/mol. The summed E-state index contributed by atoms with van der Waals surface area (Å²) in [6.07, 6.45) is 1.06. The molecule has 1 rings (SSSR count). The molecule has 0 saturated heterocycles. The largest absolute Gasteiger partial charge is 0.284 e. The Kier molecular flexibility index (Phi) is 6.45. The highest BCUT2D eigenvalue weighted by Crippen LogP contribution is 2.21. The number of alkyl halides is 1. The summed E-state index contributed by atoms with van der Waals surface area (Å²) in [5.74, 6) is 0.353. The van der Waals surface area contributed by atoms with Crippen molar-refractivity contribution in [2.24, 2.45) is 0 Å². The van der Waals surface area contributed by atoms with Gasteiger partial charge in [-0.05, 0) is 44.5 Å². The Labute approximate surface area is 131 Å². The second kappa shape index (κ2) is 7.44. The molecule has 21 heavy (non-hydrogen) atoms. The molecule has 0 bridgehead atoms. The van der Waals surface area contributed by atoms with Gasteiger partial charge >= 0.3 is 0 Å². The maximum Gasteiger partial charge on any atom is 0.240 e. The molecule has 0 fully saturated rings. The first-order valence-electron chi connectivity index (χ1n) is 6.32. The minimum Gasteiger partial charge on any atom is -0.284 e. The number of aryl methyl sites for hydroxylation is 1. The first kappa shape index (κ1) is 18.2. The van der Waals surface area contributed by atoms with E-state index >= 15 is 0 Å². The third-order valence-corrected chi connectivity index (χ3v) is 6.01. The Bertz CT molecular complexity index is 687. The van der Waals surface area contributed by atoms with Gasteiger partial charge < -0.3 is 0 Å². The molecule has 0 radical (unpaired) electrons. The van der Waals surface area contributed by atoms with Crippen LogP contribution in [0, 0.1) is 6.92 Å². The number of benzene rings is 1. The molecule has 0 unspecified atom stereocenters. The molecule has 1 aromatic carbocycles. The second-order valence-electron chi connectivity index (χ2n) is 4.50. The first-order chi connectivity index (χ1) is 9.72. The number of hydrogen-bond acceptors (Lipinski definition) is 4. The van der Waals surface area contributed by atoms with E-state index in [-0.39, 0.29) is 16.3 Å². The van der Waals surface area contributed by atoms with E-state index in [2.05, 4.69) is 9.44 Å². The Balaban J connectivity index is 2.99. The Morgan fingerprint density at radius 2 is 1.81 bits per heavy atom. The van der Waals surface area contributed by atoms with Crippen LogP contribution >= 0.6 is 11.6 Å². The minimum absolute atomic E-state index is 0.0472. The molecule has 120 valence electrons. The summed E-state index contributed by atoms with van der Waals surface area (Å²) in [6.45, 7) is 1.64. The van der Waals surface area contributed by atoms with Crippen LogP contribution in [-0.4, -0.2) is 35.5 Å². The Morgan fingerprint density at radius 1 is 1.14 bits per heavy atom. The van der Waals surface area contributed by atoms with Gasteiger partial charge in [-0.25, -0.2) is 21.6 Å². The molecule has 0 heterocycles. The summed E-state index contributed by atoms with van der Waals surface area (Å²) in [4.78, 5) is 0.0472. The molecule has 6 nitrogen and oxygen atoms in total. The Hall–Kier alpha value is -0.830. The maximum atomic E-state index is 11.9. The molecule has 0 amide bonds. The third kappa shape index (κ3) is 5.46. The standard InChI is InChI=1S/C12H19ClN2O4S2/c1-10-5-6-11(9-12(10)21(18,19)14-2)15-20(16,17)8-4-3-7-13/h5-6,9,14-15H,3-4,7-8H2,1-2H3. The van der Waals surface area contributed by atoms with Gasteiger partial charge in [-0.1, -0.05) is 6.07 Å². The van der Waals surface area contributed by atoms with Crippen LogP contribution in [0.15, 0.2) is 23.1 Å². The van der Waals surface area contributed by atoms with Gasteiger partial charge in [0.05, 0.1) is 10.6 Å². The van der Waals surface area contributed by atoms with Gasteiger partial charge in [-0.3, -0.25) is 4.72 Å². The van der Waals surface area contributed by atoms with Crippen molar-refractivity contribution in [3.05, 3.63) is 23.8 Å². The van der Waals surface area contributed by atoms with Crippen molar-refractivity contribution in [3.8, 4) is 0 Å². The van der Waals surface area contributed by atoms with Gasteiger partial charge in [-0.2, -0.15) is 0 Å². The van der Waals surface area contributed by atoms with Crippen LogP contribution in [0.4, 0.5) is 5.69 Å². The summed E-state index contributed by atoms with van der Waals surface area (Å²) >= 11 is 5.51. The van der Waals surface area contributed by atoms with Crippen LogP contribution in [0.1, 0.15) is 18.4 Å². The lowest BCUT2D eigenvalue weighted by atomic mass is 10.2. The predicted octanol–water partition coefficient (Wildman–Crippen LogP) is 1.66. The van der Waals surface area contributed by atoms with E-state index in [9.17, 15) is 16.8 Å². The lowest BCUT2D eigenvalue weighted by molar-refractivity contribution is 0.587. The maximum absolute atomic E-state index is 11.9. The number of anilines is 1. The average Bonchev–Trinajstić information content (AvgIpc) is 2.40. The summed E-state index contributed by atoms with van der Waals surface area (Å²) in [7, 11) is -5.84. The van der Waals surface area contributed by atoms with Crippen LogP contribution < -0.4 is 9.44 Å². The van der Waals surface area contributed by atoms with Crippen LogP contribution in [0.25, 0.3) is 0 Å². The van der Waals surface area contributed by atoms with Crippen molar-refractivity contribution in [1.29, 1.82) is 0 Å². The molecule has 1 aromatic rings. The van der Waals surface area contributed by atoms with E-state index < -0.39 is 20.0 Å². The van der Waals surface area contributed by atoms with Gasteiger partial charge in [0.1, 0.15) is 0 Å². The summed E-state index contributed by atoms with van der Waals surface area (Å²) < 4.78 is 52.0. The quantitative estimate of drug-likeness (QED) is 0.548. The van der Waals surface area contributed by atoms with E-state index in [4.69, 9.17) is 11.6 Å². The van der Waals surface area contributed by atoms with Gasteiger partial charge in [-0.15, -0.1) is 11.6 Å². The highest BCUT2D eigenvalue weighted by molar-refractivity contribution is 7.92. The van der Waals surface area contributed by atoms with Gasteiger partial charge in [0.25, 0.3) is 0 Å². The lowest BCUT2D eigenvalue weighted by Crippen LogP contribution is -2.21. The fourth-order valence-corrected chi connectivity index (χ4v) is 4.04. The molecule has 0 aliphatic carbocycles. The summed E-state index contributed by atoms with van der Waals surface area (Å²) in [6, 6.07) is 4.39. The molecule has 0 aromatic heterocycles. The van der Waals surface area contributed by atoms with Crippen molar-refractivity contribution in [2.45, 2.75) is 24.7 Å². The van der Waals surface area contributed by atoms with Gasteiger partial charge in [0.15, 0.2) is 0 Å². The molecular weight excluding hydrogens is 336 g/mol. The molecule has 0 atom stereocenters. The smallest absolute Gasteiger partial charge is 0.240 e. The highest BCUT2D eigenvalue weighted by atomic mass is 35.5. The second-order valence-corrected chi connectivity index (χ2v) is 8.58. The first-order valence-corrected chi connectivity index (χ1v) is 9.99. The van der Waals surface area contributed by atoms with E-state index in [1.54, 1.807) is 13.0 Å². The van der Waals surface area contributed by atoms with Crippen molar-refractivity contribution in [2.75, 3.05) is 23.4 Å². The molecular formula is C12H19ClN2O4S2.